The molecule has 2 heterocycles. The highest BCUT2D eigenvalue weighted by molar-refractivity contribution is 5.96. The van der Waals surface area contributed by atoms with Crippen LogP contribution in [-0.2, 0) is 26.1 Å². The average Bonchev–Trinajstić information content (AvgIpc) is 3.39. The van der Waals surface area contributed by atoms with E-state index in [4.69, 9.17) is 14.2 Å². The quantitative estimate of drug-likeness (QED) is 0.484. The number of hydrogen-bond donors (Lipinski definition) is 4. The van der Waals surface area contributed by atoms with E-state index in [0.29, 0.717) is 11.7 Å². The zero-order chi connectivity index (χ0) is 27.2. The Bertz CT molecular complexity index is 1300. The van der Waals surface area contributed by atoms with Gasteiger partial charge in [0.1, 0.15) is 30.2 Å². The standard InChI is InChI=1S/C30H39NO7/c1-28(2)21-9-6-15-12-18-17-8-7-16(37-27-24(35)23(34)25(36-5)20(14-32)38-27)13-19(17)31-26(18)30(15,4)29(21,3)11-10-22(28)33/h7-8,10-11,13,15,20-21,23-25,27,31-32,34-35H,6,9,12,14H2,1-5H3/t15-,20+,21-,23+,24+,25+,27+,29-,30+/m0/s1. The van der Waals surface area contributed by atoms with Crippen LogP contribution in [0.3, 0.4) is 0 Å². The largest absolute Gasteiger partial charge is 0.462 e. The summed E-state index contributed by atoms with van der Waals surface area (Å²) in [7, 11) is 1.40. The average molecular weight is 526 g/mol. The van der Waals surface area contributed by atoms with Gasteiger partial charge in [0.05, 0.1) is 6.61 Å². The lowest BCUT2D eigenvalue weighted by Crippen LogP contribution is -2.60. The van der Waals surface area contributed by atoms with Gasteiger partial charge < -0.3 is 34.5 Å². The molecule has 1 aromatic heterocycles. The van der Waals surface area contributed by atoms with Crippen molar-refractivity contribution in [2.24, 2.45) is 22.7 Å². The zero-order valence-electron chi connectivity index (χ0n) is 22.7. The fourth-order valence-electron chi connectivity index (χ4n) is 8.36. The van der Waals surface area contributed by atoms with Gasteiger partial charge in [0.15, 0.2) is 5.78 Å². The van der Waals surface area contributed by atoms with Crippen molar-refractivity contribution in [2.45, 2.75) is 83.1 Å². The molecule has 206 valence electrons. The summed E-state index contributed by atoms with van der Waals surface area (Å²) < 4.78 is 16.9. The van der Waals surface area contributed by atoms with Crippen molar-refractivity contribution in [3.05, 3.63) is 41.6 Å². The highest BCUT2D eigenvalue weighted by atomic mass is 16.7. The summed E-state index contributed by atoms with van der Waals surface area (Å²) in [5.74, 6) is 1.46. The van der Waals surface area contributed by atoms with Crippen molar-refractivity contribution < 1.29 is 34.3 Å². The molecule has 2 fully saturated rings. The molecule has 3 aliphatic carbocycles. The minimum Gasteiger partial charge on any atom is -0.462 e. The van der Waals surface area contributed by atoms with E-state index in [2.05, 4.69) is 38.8 Å². The summed E-state index contributed by atoms with van der Waals surface area (Å²) in [4.78, 5) is 16.6. The second-order valence-electron chi connectivity index (χ2n) is 12.6. The number of aliphatic hydroxyl groups excluding tert-OH is 3. The molecule has 0 spiro atoms. The number of H-pyrrole nitrogens is 1. The Hall–Kier alpha value is -2.23. The lowest BCUT2D eigenvalue weighted by atomic mass is 9.43. The first-order valence-electron chi connectivity index (χ1n) is 13.7. The summed E-state index contributed by atoms with van der Waals surface area (Å²) >= 11 is 0. The highest BCUT2D eigenvalue weighted by Crippen LogP contribution is 2.67. The maximum Gasteiger partial charge on any atom is 0.229 e. The number of nitrogens with one attached hydrogen (secondary N) is 1. The van der Waals surface area contributed by atoms with Gasteiger partial charge in [-0.05, 0) is 54.9 Å². The number of rotatable bonds is 4. The first-order valence-corrected chi connectivity index (χ1v) is 13.7. The molecule has 0 unspecified atom stereocenters. The number of benzene rings is 1. The van der Waals surface area contributed by atoms with Crippen molar-refractivity contribution in [1.82, 2.24) is 4.98 Å². The first kappa shape index (κ1) is 26.0. The van der Waals surface area contributed by atoms with E-state index in [9.17, 15) is 20.1 Å². The lowest BCUT2D eigenvalue weighted by molar-refractivity contribution is -0.281. The molecule has 38 heavy (non-hydrogen) atoms. The molecule has 1 saturated heterocycles. The highest BCUT2D eigenvalue weighted by Gasteiger charge is 2.64. The van der Waals surface area contributed by atoms with Crippen LogP contribution >= 0.6 is 0 Å². The monoisotopic (exact) mass is 525 g/mol. The second-order valence-corrected chi connectivity index (χ2v) is 12.6. The number of ketones is 1. The van der Waals surface area contributed by atoms with E-state index in [1.165, 1.54) is 18.4 Å². The molecule has 4 N–H and O–H groups in total. The van der Waals surface area contributed by atoms with Crippen molar-refractivity contribution >= 4 is 16.7 Å². The Labute approximate surface area is 223 Å². The van der Waals surface area contributed by atoms with Gasteiger partial charge in [0, 0.05) is 46.0 Å². The number of hydrogen-bond acceptors (Lipinski definition) is 7. The maximum absolute atomic E-state index is 12.8. The molecule has 4 aliphatic rings. The fraction of sp³-hybridized carbons (Fsp3) is 0.633. The summed E-state index contributed by atoms with van der Waals surface area (Å²) in [6.45, 7) is 8.53. The second kappa shape index (κ2) is 8.63. The minimum absolute atomic E-state index is 0.143. The van der Waals surface area contributed by atoms with Crippen LogP contribution in [0.1, 0.15) is 51.8 Å². The number of allylic oxidation sites excluding steroid dienone is 2. The Morgan fingerprint density at radius 3 is 2.61 bits per heavy atom. The van der Waals surface area contributed by atoms with Gasteiger partial charge in [-0.25, -0.2) is 0 Å². The van der Waals surface area contributed by atoms with Crippen LogP contribution in [0.5, 0.6) is 5.75 Å². The van der Waals surface area contributed by atoms with Crippen LogP contribution in [0.25, 0.3) is 10.9 Å². The van der Waals surface area contributed by atoms with Gasteiger partial charge >= 0.3 is 0 Å². The molecule has 6 rings (SSSR count). The molecule has 2 aromatic rings. The van der Waals surface area contributed by atoms with E-state index in [1.807, 2.05) is 24.3 Å². The topological polar surface area (TPSA) is 121 Å². The number of fused-ring (bicyclic) bond motifs is 7. The normalized spacial score (nSPS) is 41.6. The number of aromatic nitrogens is 1. The molecular weight excluding hydrogens is 486 g/mol. The van der Waals surface area contributed by atoms with E-state index >= 15 is 0 Å². The van der Waals surface area contributed by atoms with Gasteiger partial charge in [0.2, 0.25) is 6.29 Å². The van der Waals surface area contributed by atoms with Crippen LogP contribution in [-0.4, -0.2) is 70.5 Å². The molecule has 0 radical (unpaired) electrons. The Morgan fingerprint density at radius 1 is 1.13 bits per heavy atom. The Balaban J connectivity index is 1.34. The van der Waals surface area contributed by atoms with Crippen molar-refractivity contribution in [1.29, 1.82) is 0 Å². The van der Waals surface area contributed by atoms with Crippen LogP contribution in [0.15, 0.2) is 30.4 Å². The first-order chi connectivity index (χ1) is 18.0. The summed E-state index contributed by atoms with van der Waals surface area (Å²) in [5, 5.41) is 31.9. The molecule has 0 amide bonds. The number of aliphatic hydroxyl groups is 3. The smallest absolute Gasteiger partial charge is 0.229 e. The SMILES string of the molecule is CO[C@H]1[C@H](O)[C@@H](O)[C@H](Oc2ccc3c4c([nH]c3c2)[C@@]2(C)[C@@H](CC[C@H]3C(C)(C)C(=O)C=C[C@@]32C)C4)O[C@@H]1CO. The molecule has 8 heteroatoms. The maximum atomic E-state index is 12.8. The number of carbonyl (C=O) groups excluding carboxylic acids is 1. The molecule has 0 bridgehead atoms. The molecular formula is C30H39NO7. The summed E-state index contributed by atoms with van der Waals surface area (Å²) in [5.41, 5.74) is 2.81. The predicted molar refractivity (Wildman–Crippen MR) is 141 cm³/mol. The number of aromatic amines is 1. The van der Waals surface area contributed by atoms with E-state index in [-0.39, 0.29) is 29.1 Å². The zero-order valence-corrected chi connectivity index (χ0v) is 22.7. The fourth-order valence-corrected chi connectivity index (χ4v) is 8.36. The predicted octanol–water partition coefficient (Wildman–Crippen LogP) is 3.01. The molecule has 1 aliphatic heterocycles. The number of carbonyl (C=O) groups is 1. The summed E-state index contributed by atoms with van der Waals surface area (Å²) in [6, 6.07) is 5.79. The number of ether oxygens (including phenoxy) is 3. The Morgan fingerprint density at radius 2 is 1.89 bits per heavy atom. The van der Waals surface area contributed by atoms with Crippen LogP contribution < -0.4 is 4.74 Å². The van der Waals surface area contributed by atoms with Gasteiger partial charge in [-0.15, -0.1) is 0 Å². The number of methoxy groups -OCH3 is 1. The third kappa shape index (κ3) is 3.30. The minimum atomic E-state index is -1.34. The van der Waals surface area contributed by atoms with Crippen molar-refractivity contribution in [2.75, 3.05) is 13.7 Å². The molecule has 9 atom stereocenters. The van der Waals surface area contributed by atoms with Crippen LogP contribution in [0.2, 0.25) is 0 Å². The van der Waals surface area contributed by atoms with E-state index in [0.717, 1.165) is 30.2 Å². The lowest BCUT2D eigenvalue weighted by Gasteiger charge is -2.60. The van der Waals surface area contributed by atoms with Crippen molar-refractivity contribution in [3.8, 4) is 5.75 Å². The third-order valence-corrected chi connectivity index (χ3v) is 10.7. The van der Waals surface area contributed by atoms with Gasteiger partial charge in [-0.1, -0.05) is 33.8 Å². The molecule has 1 aromatic carbocycles. The van der Waals surface area contributed by atoms with E-state index in [1.54, 1.807) is 0 Å². The molecule has 1 saturated carbocycles. The van der Waals surface area contributed by atoms with Crippen LogP contribution in [0.4, 0.5) is 0 Å². The molecule has 8 nitrogen and oxygen atoms in total. The van der Waals surface area contributed by atoms with Gasteiger partial charge in [0.25, 0.3) is 0 Å². The summed E-state index contributed by atoms with van der Waals surface area (Å²) in [6.07, 6.45) is 1.71. The van der Waals surface area contributed by atoms with Crippen LogP contribution in [0, 0.1) is 22.7 Å². The van der Waals surface area contributed by atoms with Gasteiger partial charge in [-0.3, -0.25) is 4.79 Å². The third-order valence-electron chi connectivity index (χ3n) is 10.7. The Kier molecular flexibility index (Phi) is 5.91. The van der Waals surface area contributed by atoms with Crippen molar-refractivity contribution in [3.63, 3.8) is 0 Å². The van der Waals surface area contributed by atoms with E-state index < -0.39 is 36.1 Å². The van der Waals surface area contributed by atoms with Gasteiger partial charge in [-0.2, -0.15) is 0 Å².